The summed E-state index contributed by atoms with van der Waals surface area (Å²) in [5.41, 5.74) is 6.31. The molecule has 0 fully saturated rings. The Morgan fingerprint density at radius 3 is 2.79 bits per heavy atom. The Hall–Kier alpha value is -1.62. The molecular weight excluding hydrogens is 187 g/mol. The molecule has 1 amide bonds. The Morgan fingerprint density at radius 1 is 1.57 bits per heavy atom. The second-order valence-corrected chi connectivity index (χ2v) is 2.79. The summed E-state index contributed by atoms with van der Waals surface area (Å²) in [5, 5.41) is 10.4. The minimum atomic E-state index is -1.17. The van der Waals surface area contributed by atoms with Crippen LogP contribution in [0.5, 0.6) is 0 Å². The van der Waals surface area contributed by atoms with Crippen LogP contribution in [0.15, 0.2) is 18.2 Å². The van der Waals surface area contributed by atoms with Crippen molar-refractivity contribution in [1.82, 2.24) is 5.32 Å². The second kappa shape index (κ2) is 4.57. The second-order valence-electron chi connectivity index (χ2n) is 2.79. The third-order valence-corrected chi connectivity index (χ3v) is 1.78. The van der Waals surface area contributed by atoms with Gasteiger partial charge in [-0.3, -0.25) is 0 Å². The molecule has 0 bridgehead atoms. The number of nitrogens with two attached hydrogens (primary N) is 1. The van der Waals surface area contributed by atoms with Crippen LogP contribution in [0.2, 0.25) is 0 Å². The van der Waals surface area contributed by atoms with Gasteiger partial charge in [0.15, 0.2) is 0 Å². The highest BCUT2D eigenvalue weighted by Crippen LogP contribution is 2.09. The molecule has 4 N–H and O–H groups in total. The number of carboxylic acid groups (broad SMARTS) is 1. The van der Waals surface area contributed by atoms with Crippen LogP contribution in [0, 0.1) is 5.82 Å². The number of benzene rings is 1. The first-order chi connectivity index (χ1) is 6.63. The van der Waals surface area contributed by atoms with Crippen molar-refractivity contribution in [3.8, 4) is 0 Å². The molecule has 0 saturated carbocycles. The summed E-state index contributed by atoms with van der Waals surface area (Å²) >= 11 is 0. The van der Waals surface area contributed by atoms with Crippen molar-refractivity contribution >= 4 is 6.09 Å². The number of rotatable bonds is 3. The number of halogens is 1. The number of hydrogen-bond donors (Lipinski definition) is 3. The largest absolute Gasteiger partial charge is 0.465 e. The van der Waals surface area contributed by atoms with Crippen LogP contribution in [0.3, 0.4) is 0 Å². The van der Waals surface area contributed by atoms with Gasteiger partial charge in [-0.2, -0.15) is 0 Å². The molecule has 0 atom stereocenters. The molecule has 0 aromatic heterocycles. The molecule has 0 spiro atoms. The molecule has 1 aromatic carbocycles. The van der Waals surface area contributed by atoms with E-state index >= 15 is 0 Å². The van der Waals surface area contributed by atoms with Crippen LogP contribution in [0.1, 0.15) is 11.1 Å². The third-order valence-electron chi connectivity index (χ3n) is 1.78. The van der Waals surface area contributed by atoms with Gasteiger partial charge in [0.1, 0.15) is 5.82 Å². The van der Waals surface area contributed by atoms with Gasteiger partial charge < -0.3 is 16.2 Å². The lowest BCUT2D eigenvalue weighted by atomic mass is 10.1. The molecule has 0 saturated heterocycles. The molecule has 4 nitrogen and oxygen atoms in total. The first-order valence-corrected chi connectivity index (χ1v) is 4.07. The molecule has 0 aliphatic rings. The minimum Gasteiger partial charge on any atom is -0.465 e. The standard InChI is InChI=1S/C9H11FN2O2/c10-8-3-6(4-11)1-2-7(8)5-12-9(13)14/h1-3,12H,4-5,11H2,(H,13,14). The van der Waals surface area contributed by atoms with E-state index in [1.165, 1.54) is 12.1 Å². The summed E-state index contributed by atoms with van der Waals surface area (Å²) in [4.78, 5) is 10.2. The predicted octanol–water partition coefficient (Wildman–Crippen LogP) is 1.05. The quantitative estimate of drug-likeness (QED) is 0.679. The third kappa shape index (κ3) is 2.70. The number of amides is 1. The van der Waals surface area contributed by atoms with Gasteiger partial charge in [0.25, 0.3) is 0 Å². The van der Waals surface area contributed by atoms with Crippen LogP contribution in [-0.2, 0) is 13.1 Å². The van der Waals surface area contributed by atoms with E-state index in [-0.39, 0.29) is 13.1 Å². The number of hydrogen-bond acceptors (Lipinski definition) is 2. The van der Waals surface area contributed by atoms with E-state index in [0.29, 0.717) is 11.1 Å². The van der Waals surface area contributed by atoms with E-state index in [4.69, 9.17) is 10.8 Å². The van der Waals surface area contributed by atoms with E-state index in [1.807, 2.05) is 0 Å². The molecule has 76 valence electrons. The Bertz CT molecular complexity index is 342. The Labute approximate surface area is 80.5 Å². The van der Waals surface area contributed by atoms with Crippen molar-refractivity contribution in [3.05, 3.63) is 35.1 Å². The first-order valence-electron chi connectivity index (χ1n) is 4.07. The fourth-order valence-corrected chi connectivity index (χ4v) is 1.03. The maximum absolute atomic E-state index is 13.2. The molecular formula is C9H11FN2O2. The molecule has 1 rings (SSSR count). The molecule has 5 heteroatoms. The lowest BCUT2D eigenvalue weighted by Gasteiger charge is -2.04. The van der Waals surface area contributed by atoms with Crippen molar-refractivity contribution < 1.29 is 14.3 Å². The van der Waals surface area contributed by atoms with E-state index < -0.39 is 11.9 Å². The molecule has 0 aliphatic heterocycles. The zero-order valence-corrected chi connectivity index (χ0v) is 7.46. The summed E-state index contributed by atoms with van der Waals surface area (Å²) in [6.45, 7) is 0.232. The maximum atomic E-state index is 13.2. The van der Waals surface area contributed by atoms with Crippen molar-refractivity contribution in [3.63, 3.8) is 0 Å². The van der Waals surface area contributed by atoms with E-state index in [1.54, 1.807) is 6.07 Å². The lowest BCUT2D eigenvalue weighted by Crippen LogP contribution is -2.20. The number of carbonyl (C=O) groups is 1. The minimum absolute atomic E-state index is 0.0357. The highest BCUT2D eigenvalue weighted by atomic mass is 19.1. The smallest absolute Gasteiger partial charge is 0.404 e. The monoisotopic (exact) mass is 198 g/mol. The molecule has 0 aliphatic carbocycles. The van der Waals surface area contributed by atoms with Crippen molar-refractivity contribution in [2.45, 2.75) is 13.1 Å². The zero-order chi connectivity index (χ0) is 10.6. The zero-order valence-electron chi connectivity index (χ0n) is 7.46. The normalized spacial score (nSPS) is 9.86. The van der Waals surface area contributed by atoms with Gasteiger partial charge in [0, 0.05) is 18.7 Å². The molecule has 14 heavy (non-hydrogen) atoms. The number of nitrogens with one attached hydrogen (secondary N) is 1. The summed E-state index contributed by atoms with van der Waals surface area (Å²) in [5.74, 6) is -0.443. The average Bonchev–Trinajstić information content (AvgIpc) is 2.15. The van der Waals surface area contributed by atoms with E-state index in [2.05, 4.69) is 5.32 Å². The van der Waals surface area contributed by atoms with Gasteiger partial charge in [0.2, 0.25) is 0 Å². The molecule has 0 unspecified atom stereocenters. The van der Waals surface area contributed by atoms with Gasteiger partial charge in [-0.1, -0.05) is 12.1 Å². The lowest BCUT2D eigenvalue weighted by molar-refractivity contribution is 0.194. The highest BCUT2D eigenvalue weighted by molar-refractivity contribution is 5.64. The van der Waals surface area contributed by atoms with Crippen molar-refractivity contribution in [2.24, 2.45) is 5.73 Å². The topological polar surface area (TPSA) is 75.3 Å². The maximum Gasteiger partial charge on any atom is 0.404 e. The Kier molecular flexibility index (Phi) is 3.41. The van der Waals surface area contributed by atoms with Crippen LogP contribution in [-0.4, -0.2) is 11.2 Å². The summed E-state index contributed by atoms with van der Waals surface area (Å²) in [7, 11) is 0. The molecule has 0 heterocycles. The molecule has 0 radical (unpaired) electrons. The van der Waals surface area contributed by atoms with Crippen LogP contribution >= 0.6 is 0 Å². The highest BCUT2D eigenvalue weighted by Gasteiger charge is 2.03. The SMILES string of the molecule is NCc1ccc(CNC(=O)O)c(F)c1. The van der Waals surface area contributed by atoms with Gasteiger partial charge in [-0.25, -0.2) is 9.18 Å². The average molecular weight is 198 g/mol. The van der Waals surface area contributed by atoms with E-state index in [0.717, 1.165) is 0 Å². The Balaban J connectivity index is 2.73. The van der Waals surface area contributed by atoms with Crippen LogP contribution < -0.4 is 11.1 Å². The molecule has 1 aromatic rings. The van der Waals surface area contributed by atoms with E-state index in [9.17, 15) is 9.18 Å². The van der Waals surface area contributed by atoms with Crippen LogP contribution in [0.25, 0.3) is 0 Å². The fraction of sp³-hybridized carbons (Fsp3) is 0.222. The van der Waals surface area contributed by atoms with Crippen molar-refractivity contribution in [1.29, 1.82) is 0 Å². The first kappa shape index (κ1) is 10.5. The predicted molar refractivity (Wildman–Crippen MR) is 49.2 cm³/mol. The summed E-state index contributed by atoms with van der Waals surface area (Å²) < 4.78 is 13.2. The van der Waals surface area contributed by atoms with Gasteiger partial charge in [0.05, 0.1) is 0 Å². The van der Waals surface area contributed by atoms with Gasteiger partial charge >= 0.3 is 6.09 Å². The fourth-order valence-electron chi connectivity index (χ4n) is 1.03. The van der Waals surface area contributed by atoms with Gasteiger partial charge in [-0.05, 0) is 11.6 Å². The van der Waals surface area contributed by atoms with Gasteiger partial charge in [-0.15, -0.1) is 0 Å². The van der Waals surface area contributed by atoms with Crippen LogP contribution in [0.4, 0.5) is 9.18 Å². The summed E-state index contributed by atoms with van der Waals surface area (Å²) in [6.07, 6.45) is -1.17. The van der Waals surface area contributed by atoms with Crippen molar-refractivity contribution in [2.75, 3.05) is 0 Å². The summed E-state index contributed by atoms with van der Waals surface area (Å²) in [6, 6.07) is 4.49. The Morgan fingerprint density at radius 2 is 2.29 bits per heavy atom.